The molecule has 10 heteroatoms. The number of nitrogens with one attached hydrogen (secondary N) is 2. The summed E-state index contributed by atoms with van der Waals surface area (Å²) in [4.78, 5) is 19.1. The Bertz CT molecular complexity index is 240. The van der Waals surface area contributed by atoms with Crippen LogP contribution in [-0.4, -0.2) is 95.2 Å². The summed E-state index contributed by atoms with van der Waals surface area (Å²) in [5.41, 5.74) is 0. The van der Waals surface area contributed by atoms with Crippen LogP contribution in [0.25, 0.3) is 0 Å². The minimum Gasteiger partial charge on any atom is -0.478 e. The number of aliphatic carboxylic acids is 2. The first-order valence-corrected chi connectivity index (χ1v) is 6.45. The molecule has 0 saturated heterocycles. The molecule has 0 aromatic heterocycles. The summed E-state index contributed by atoms with van der Waals surface area (Å²) in [7, 11) is 0. The maximum atomic E-state index is 9.55. The molecule has 10 nitrogen and oxygen atoms in total. The highest BCUT2D eigenvalue weighted by molar-refractivity contribution is 5.89. The first kappa shape index (κ1) is 25.4. The molecule has 0 rings (SSSR count). The van der Waals surface area contributed by atoms with Gasteiger partial charge in [0, 0.05) is 38.3 Å². The van der Waals surface area contributed by atoms with E-state index in [4.69, 9.17) is 30.6 Å². The summed E-state index contributed by atoms with van der Waals surface area (Å²) in [6, 6.07) is 0. The molecule has 0 aliphatic rings. The quantitative estimate of drug-likeness (QED) is 0.151. The SMILES string of the molecule is O=C(O)/C=C\C(=O)O.OCCNCCO.OCCNCCO. The van der Waals surface area contributed by atoms with Crippen LogP contribution in [0.2, 0.25) is 0 Å². The van der Waals surface area contributed by atoms with Crippen LogP contribution < -0.4 is 10.6 Å². The van der Waals surface area contributed by atoms with E-state index in [1.54, 1.807) is 0 Å². The molecule has 0 spiro atoms. The number of rotatable bonds is 10. The fraction of sp³-hybridized carbons (Fsp3) is 0.667. The lowest BCUT2D eigenvalue weighted by Gasteiger charge is -1.94. The number of hydrogen-bond donors (Lipinski definition) is 8. The van der Waals surface area contributed by atoms with E-state index in [2.05, 4.69) is 10.6 Å². The standard InChI is InChI=1S/2C4H11NO2.C4H4O4/c2*6-3-1-5-2-4-7;5-3(6)1-2-4(7)8/h2*5-7H,1-4H2;1-2H,(H,5,6)(H,7,8)/b;;2-1-. The largest absolute Gasteiger partial charge is 0.478 e. The van der Waals surface area contributed by atoms with E-state index in [-0.39, 0.29) is 26.4 Å². The second-order valence-electron chi connectivity index (χ2n) is 3.40. The van der Waals surface area contributed by atoms with Crippen molar-refractivity contribution < 1.29 is 40.2 Å². The van der Waals surface area contributed by atoms with E-state index in [0.717, 1.165) is 0 Å². The third-order valence-electron chi connectivity index (χ3n) is 1.52. The lowest BCUT2D eigenvalue weighted by molar-refractivity contribution is -0.134. The maximum absolute atomic E-state index is 9.55. The molecule has 0 radical (unpaired) electrons. The van der Waals surface area contributed by atoms with Gasteiger partial charge in [-0.25, -0.2) is 9.59 Å². The van der Waals surface area contributed by atoms with Crippen molar-refractivity contribution in [2.45, 2.75) is 0 Å². The topological polar surface area (TPSA) is 180 Å². The molecule has 0 amide bonds. The van der Waals surface area contributed by atoms with E-state index in [0.29, 0.717) is 38.3 Å². The minimum atomic E-state index is -1.26. The first-order valence-electron chi connectivity index (χ1n) is 6.45. The molecule has 0 unspecified atom stereocenters. The van der Waals surface area contributed by atoms with E-state index in [1.807, 2.05) is 0 Å². The van der Waals surface area contributed by atoms with Gasteiger partial charge in [-0.05, 0) is 0 Å². The van der Waals surface area contributed by atoms with E-state index < -0.39 is 11.9 Å². The average Bonchev–Trinajstić information content (AvgIpc) is 2.48. The lowest BCUT2D eigenvalue weighted by atomic mass is 10.5. The Hall–Kier alpha value is -1.56. The zero-order valence-electron chi connectivity index (χ0n) is 12.3. The van der Waals surface area contributed by atoms with Crippen molar-refractivity contribution >= 4 is 11.9 Å². The molecule has 0 fully saturated rings. The van der Waals surface area contributed by atoms with Crippen LogP contribution in [-0.2, 0) is 9.59 Å². The molecule has 132 valence electrons. The van der Waals surface area contributed by atoms with Crippen molar-refractivity contribution in [1.29, 1.82) is 0 Å². The van der Waals surface area contributed by atoms with Gasteiger partial charge in [-0.2, -0.15) is 0 Å². The summed E-state index contributed by atoms with van der Waals surface area (Å²) in [6.45, 7) is 2.84. The van der Waals surface area contributed by atoms with Gasteiger partial charge in [0.15, 0.2) is 0 Å². The van der Waals surface area contributed by atoms with Crippen LogP contribution in [0.15, 0.2) is 12.2 Å². The second-order valence-corrected chi connectivity index (χ2v) is 3.40. The predicted molar refractivity (Wildman–Crippen MR) is 78.5 cm³/mol. The molecule has 0 bridgehead atoms. The van der Waals surface area contributed by atoms with Crippen LogP contribution in [0.5, 0.6) is 0 Å². The van der Waals surface area contributed by atoms with Crippen LogP contribution in [0.4, 0.5) is 0 Å². The van der Waals surface area contributed by atoms with Gasteiger partial charge in [0.2, 0.25) is 0 Å². The molecular formula is C12H26N2O8. The van der Waals surface area contributed by atoms with Crippen molar-refractivity contribution in [3.05, 3.63) is 12.2 Å². The van der Waals surface area contributed by atoms with Crippen molar-refractivity contribution in [1.82, 2.24) is 10.6 Å². The predicted octanol–water partition coefficient (Wildman–Crippen LogP) is -3.17. The molecule has 0 heterocycles. The monoisotopic (exact) mass is 326 g/mol. The van der Waals surface area contributed by atoms with Gasteiger partial charge < -0.3 is 41.3 Å². The highest BCUT2D eigenvalue weighted by atomic mass is 16.4. The molecule has 8 N–H and O–H groups in total. The highest BCUT2D eigenvalue weighted by Crippen LogP contribution is 1.70. The average molecular weight is 326 g/mol. The summed E-state index contributed by atoms with van der Waals surface area (Å²) in [6.07, 6.45) is 1.12. The molecule has 0 aromatic rings. The van der Waals surface area contributed by atoms with Gasteiger partial charge in [-0.15, -0.1) is 0 Å². The summed E-state index contributed by atoms with van der Waals surface area (Å²) in [5, 5.41) is 53.8. The molecule has 0 aliphatic heterocycles. The zero-order chi connectivity index (χ0) is 17.6. The van der Waals surface area contributed by atoms with Gasteiger partial charge in [-0.3, -0.25) is 0 Å². The fourth-order valence-electron chi connectivity index (χ4n) is 0.709. The Morgan fingerprint density at radius 1 is 0.636 bits per heavy atom. The molecule has 0 atom stereocenters. The Morgan fingerprint density at radius 2 is 0.864 bits per heavy atom. The van der Waals surface area contributed by atoms with Crippen molar-refractivity contribution in [3.8, 4) is 0 Å². The normalized spacial score (nSPS) is 9.45. The summed E-state index contributed by atoms with van der Waals surface area (Å²) in [5.74, 6) is -2.51. The Labute approximate surface area is 128 Å². The third kappa shape index (κ3) is 42.9. The van der Waals surface area contributed by atoms with Crippen LogP contribution in [0.1, 0.15) is 0 Å². The number of aliphatic hydroxyl groups excluding tert-OH is 4. The van der Waals surface area contributed by atoms with Crippen LogP contribution in [0.3, 0.4) is 0 Å². The van der Waals surface area contributed by atoms with E-state index in [1.165, 1.54) is 0 Å². The zero-order valence-corrected chi connectivity index (χ0v) is 12.3. The molecule has 0 aromatic carbocycles. The van der Waals surface area contributed by atoms with Gasteiger partial charge in [-0.1, -0.05) is 0 Å². The van der Waals surface area contributed by atoms with Crippen molar-refractivity contribution in [3.63, 3.8) is 0 Å². The Morgan fingerprint density at radius 3 is 1.00 bits per heavy atom. The molecule has 0 saturated carbocycles. The number of hydrogen-bond acceptors (Lipinski definition) is 8. The Balaban J connectivity index is -0.000000247. The maximum Gasteiger partial charge on any atom is 0.328 e. The number of carboxylic acid groups (broad SMARTS) is 2. The molecular weight excluding hydrogens is 300 g/mol. The number of aliphatic hydroxyl groups is 4. The molecule has 0 aliphatic carbocycles. The number of carbonyl (C=O) groups is 2. The van der Waals surface area contributed by atoms with Gasteiger partial charge in [0.05, 0.1) is 26.4 Å². The van der Waals surface area contributed by atoms with Gasteiger partial charge in [0.1, 0.15) is 0 Å². The second kappa shape index (κ2) is 24.5. The van der Waals surface area contributed by atoms with Crippen LogP contribution >= 0.6 is 0 Å². The van der Waals surface area contributed by atoms with Gasteiger partial charge in [0.25, 0.3) is 0 Å². The van der Waals surface area contributed by atoms with E-state index in [9.17, 15) is 9.59 Å². The first-order chi connectivity index (χ1) is 10.5. The summed E-state index contributed by atoms with van der Waals surface area (Å²) < 4.78 is 0. The van der Waals surface area contributed by atoms with E-state index >= 15 is 0 Å². The fourth-order valence-corrected chi connectivity index (χ4v) is 0.709. The minimum absolute atomic E-state index is 0.139. The van der Waals surface area contributed by atoms with Gasteiger partial charge >= 0.3 is 11.9 Å². The lowest BCUT2D eigenvalue weighted by Crippen LogP contribution is -2.21. The smallest absolute Gasteiger partial charge is 0.328 e. The highest BCUT2D eigenvalue weighted by Gasteiger charge is 1.88. The molecule has 22 heavy (non-hydrogen) atoms. The number of carboxylic acids is 2. The van der Waals surface area contributed by atoms with Crippen molar-refractivity contribution in [2.75, 3.05) is 52.6 Å². The Kier molecular flexibility index (Phi) is 28.2. The van der Waals surface area contributed by atoms with Crippen molar-refractivity contribution in [2.24, 2.45) is 0 Å². The summed E-state index contributed by atoms with van der Waals surface area (Å²) >= 11 is 0. The van der Waals surface area contributed by atoms with Crippen LogP contribution in [0, 0.1) is 0 Å². The third-order valence-corrected chi connectivity index (χ3v) is 1.52.